The van der Waals surface area contributed by atoms with Crippen LogP contribution in [0.5, 0.6) is 0 Å². The molecule has 0 bridgehead atoms. The van der Waals surface area contributed by atoms with Crippen molar-refractivity contribution in [3.8, 4) is 6.07 Å². The molecule has 124 valence electrons. The Bertz CT molecular complexity index is 882. The third kappa shape index (κ3) is 2.35. The Labute approximate surface area is 138 Å². The van der Waals surface area contributed by atoms with Crippen LogP contribution in [0.1, 0.15) is 38.9 Å². The number of nitriles is 1. The number of hydrogen-bond acceptors (Lipinski definition) is 3. The maximum atomic E-state index is 14.0. The lowest BCUT2D eigenvalue weighted by atomic mass is 10.0. The van der Waals surface area contributed by atoms with Gasteiger partial charge in [0.05, 0.1) is 17.3 Å². The molecule has 24 heavy (non-hydrogen) atoms. The fourth-order valence-electron chi connectivity index (χ4n) is 3.24. The van der Waals surface area contributed by atoms with Gasteiger partial charge in [-0.15, -0.1) is 0 Å². The molecule has 7 heteroatoms. The third-order valence-corrected chi connectivity index (χ3v) is 4.55. The molecule has 0 aliphatic carbocycles. The molecule has 1 unspecified atom stereocenters. The molecular weight excluding hydrogens is 314 g/mol. The van der Waals surface area contributed by atoms with Crippen LogP contribution in [0.4, 0.5) is 8.78 Å². The predicted octanol–water partition coefficient (Wildman–Crippen LogP) is 2.58. The fourth-order valence-corrected chi connectivity index (χ4v) is 3.24. The molecule has 1 aromatic carbocycles. The van der Waals surface area contributed by atoms with Gasteiger partial charge in [0.1, 0.15) is 17.7 Å². The third-order valence-electron chi connectivity index (χ3n) is 4.55. The minimum absolute atomic E-state index is 0.0384. The van der Waals surface area contributed by atoms with Crippen molar-refractivity contribution >= 4 is 5.91 Å². The average Bonchev–Trinajstić information content (AvgIpc) is 2.92. The summed E-state index contributed by atoms with van der Waals surface area (Å²) in [5.74, 6) is -2.20. The molecule has 1 amide bonds. The highest BCUT2D eigenvalue weighted by atomic mass is 19.1. The molecule has 1 aromatic heterocycles. The van der Waals surface area contributed by atoms with Gasteiger partial charge in [-0.25, -0.2) is 8.78 Å². The Balaban J connectivity index is 1.91. The van der Waals surface area contributed by atoms with Gasteiger partial charge in [0, 0.05) is 30.9 Å². The van der Waals surface area contributed by atoms with Gasteiger partial charge in [0.2, 0.25) is 0 Å². The molecule has 2 heterocycles. The van der Waals surface area contributed by atoms with Gasteiger partial charge in [-0.05, 0) is 31.9 Å². The van der Waals surface area contributed by atoms with Crippen molar-refractivity contribution in [2.75, 3.05) is 6.54 Å². The van der Waals surface area contributed by atoms with E-state index >= 15 is 0 Å². The number of aromatic nitrogens is 2. The van der Waals surface area contributed by atoms with Gasteiger partial charge < -0.3 is 4.90 Å². The highest BCUT2D eigenvalue weighted by molar-refractivity contribution is 5.99. The molecule has 0 radical (unpaired) electrons. The van der Waals surface area contributed by atoms with Crippen LogP contribution in [0.2, 0.25) is 0 Å². The number of benzene rings is 1. The maximum Gasteiger partial charge on any atom is 0.255 e. The molecule has 5 nitrogen and oxygen atoms in total. The van der Waals surface area contributed by atoms with Crippen molar-refractivity contribution in [1.82, 2.24) is 14.7 Å². The van der Waals surface area contributed by atoms with Crippen molar-refractivity contribution in [2.24, 2.45) is 7.05 Å². The smallest absolute Gasteiger partial charge is 0.255 e. The second-order valence-corrected chi connectivity index (χ2v) is 5.90. The first-order valence-corrected chi connectivity index (χ1v) is 7.53. The van der Waals surface area contributed by atoms with E-state index in [-0.39, 0.29) is 17.7 Å². The molecule has 1 atom stereocenters. The van der Waals surface area contributed by atoms with Gasteiger partial charge in [-0.2, -0.15) is 10.4 Å². The second-order valence-electron chi connectivity index (χ2n) is 5.90. The first-order chi connectivity index (χ1) is 11.3. The molecule has 0 saturated heterocycles. The highest BCUT2D eigenvalue weighted by Gasteiger charge is 2.39. The van der Waals surface area contributed by atoms with E-state index in [1.807, 2.05) is 27.0 Å². The largest absolute Gasteiger partial charge is 0.318 e. The Morgan fingerprint density at radius 2 is 2.04 bits per heavy atom. The summed E-state index contributed by atoms with van der Waals surface area (Å²) in [4.78, 5) is 13.8. The zero-order valence-corrected chi connectivity index (χ0v) is 13.6. The van der Waals surface area contributed by atoms with Gasteiger partial charge in [-0.1, -0.05) is 0 Å². The lowest BCUT2D eigenvalue weighted by Crippen LogP contribution is -2.30. The lowest BCUT2D eigenvalue weighted by molar-refractivity contribution is 0.0759. The molecule has 1 aliphatic heterocycles. The summed E-state index contributed by atoms with van der Waals surface area (Å²) in [7, 11) is 1.83. The van der Waals surface area contributed by atoms with Crippen LogP contribution in [-0.4, -0.2) is 27.1 Å². The minimum atomic E-state index is -1.04. The normalized spacial score (nSPS) is 16.4. The number of carbonyl (C=O) groups excluding carboxylic acids is 1. The quantitative estimate of drug-likeness (QED) is 0.869. The van der Waals surface area contributed by atoms with Crippen LogP contribution in [0.25, 0.3) is 0 Å². The first kappa shape index (κ1) is 16.1. The first-order valence-electron chi connectivity index (χ1n) is 7.53. The molecule has 1 aliphatic rings. The summed E-state index contributed by atoms with van der Waals surface area (Å²) in [6.45, 7) is 4.03. The van der Waals surface area contributed by atoms with Crippen molar-refractivity contribution < 1.29 is 13.6 Å². The zero-order chi connectivity index (χ0) is 17.6. The molecule has 0 N–H and O–H groups in total. The van der Waals surface area contributed by atoms with E-state index in [0.717, 1.165) is 23.0 Å². The highest BCUT2D eigenvalue weighted by Crippen LogP contribution is 2.35. The molecule has 0 saturated carbocycles. The number of carbonyl (C=O) groups is 1. The summed E-state index contributed by atoms with van der Waals surface area (Å²) < 4.78 is 29.2. The maximum absolute atomic E-state index is 14.0. The van der Waals surface area contributed by atoms with Crippen LogP contribution < -0.4 is 0 Å². The molecular formula is C17H16F2N4O. The van der Waals surface area contributed by atoms with Crippen LogP contribution in [0, 0.1) is 36.8 Å². The predicted molar refractivity (Wildman–Crippen MR) is 82.1 cm³/mol. The summed E-state index contributed by atoms with van der Waals surface area (Å²) >= 11 is 0. The van der Waals surface area contributed by atoms with Crippen molar-refractivity contribution in [1.29, 1.82) is 5.26 Å². The van der Waals surface area contributed by atoms with E-state index in [1.54, 1.807) is 4.68 Å². The van der Waals surface area contributed by atoms with E-state index < -0.39 is 23.6 Å². The summed E-state index contributed by atoms with van der Waals surface area (Å²) in [5, 5.41) is 13.7. The Morgan fingerprint density at radius 3 is 2.62 bits per heavy atom. The minimum Gasteiger partial charge on any atom is -0.318 e. The summed E-state index contributed by atoms with van der Waals surface area (Å²) in [6, 6.07) is 2.61. The van der Waals surface area contributed by atoms with Crippen LogP contribution in [-0.2, 0) is 13.5 Å². The Hall–Kier alpha value is -2.75. The van der Waals surface area contributed by atoms with Gasteiger partial charge >= 0.3 is 0 Å². The molecule has 2 aromatic rings. The van der Waals surface area contributed by atoms with Crippen LogP contribution in [0.15, 0.2) is 12.1 Å². The number of hydrogen-bond donors (Lipinski definition) is 0. The monoisotopic (exact) mass is 330 g/mol. The summed E-state index contributed by atoms with van der Waals surface area (Å²) in [5.41, 5.74) is 2.71. The molecule has 0 spiro atoms. The summed E-state index contributed by atoms with van der Waals surface area (Å²) in [6.07, 6.45) is 0.494. The SMILES string of the molecule is Cc1nn(C)c(C)c1CCN1C(=O)c2cc(F)cc(F)c2C1C#N. The number of halogens is 2. The number of nitrogens with zero attached hydrogens (tertiary/aromatic N) is 4. The van der Waals surface area contributed by atoms with Gasteiger partial charge in [0.15, 0.2) is 0 Å². The Kier molecular flexibility index (Phi) is 3.84. The lowest BCUT2D eigenvalue weighted by Gasteiger charge is -2.20. The van der Waals surface area contributed by atoms with E-state index in [0.29, 0.717) is 12.5 Å². The van der Waals surface area contributed by atoms with E-state index in [4.69, 9.17) is 0 Å². The number of amides is 1. The van der Waals surface area contributed by atoms with Gasteiger partial charge in [-0.3, -0.25) is 9.48 Å². The van der Waals surface area contributed by atoms with Crippen molar-refractivity contribution in [2.45, 2.75) is 26.3 Å². The van der Waals surface area contributed by atoms with Crippen LogP contribution in [0.3, 0.4) is 0 Å². The molecule has 3 rings (SSSR count). The zero-order valence-electron chi connectivity index (χ0n) is 13.6. The second kappa shape index (κ2) is 5.71. The average molecular weight is 330 g/mol. The number of aryl methyl sites for hydroxylation is 2. The topological polar surface area (TPSA) is 61.9 Å². The number of fused-ring (bicyclic) bond motifs is 1. The standard InChI is InChI=1S/C17H16F2N4O/c1-9-12(10(2)22(3)21-9)4-5-23-15(8-20)16-13(17(23)24)6-11(18)7-14(16)19/h6-7,15H,4-5H2,1-3H3. The Morgan fingerprint density at radius 1 is 1.33 bits per heavy atom. The van der Waals surface area contributed by atoms with Crippen LogP contribution >= 0.6 is 0 Å². The van der Waals surface area contributed by atoms with E-state index in [1.165, 1.54) is 4.90 Å². The van der Waals surface area contributed by atoms with Crippen molar-refractivity contribution in [3.05, 3.63) is 51.8 Å². The van der Waals surface area contributed by atoms with Crippen molar-refractivity contribution in [3.63, 3.8) is 0 Å². The molecule has 0 fully saturated rings. The van der Waals surface area contributed by atoms with Gasteiger partial charge in [0.25, 0.3) is 5.91 Å². The van der Waals surface area contributed by atoms with E-state index in [2.05, 4.69) is 5.10 Å². The van der Waals surface area contributed by atoms with E-state index in [9.17, 15) is 18.8 Å². The number of rotatable bonds is 3. The fraction of sp³-hybridized carbons (Fsp3) is 0.353.